The van der Waals surface area contributed by atoms with Crippen LogP contribution in [0.4, 0.5) is 10.1 Å². The first-order valence-corrected chi connectivity index (χ1v) is 5.91. The molecule has 1 aromatic carbocycles. The van der Waals surface area contributed by atoms with Crippen molar-refractivity contribution >= 4 is 11.5 Å². The summed E-state index contributed by atoms with van der Waals surface area (Å²) in [5.74, 6) is 2.64. The number of halogens is 1. The lowest BCUT2D eigenvalue weighted by Crippen LogP contribution is -2.53. The van der Waals surface area contributed by atoms with Crippen LogP contribution >= 0.6 is 0 Å². The molecule has 0 N–H and O–H groups in total. The van der Waals surface area contributed by atoms with Gasteiger partial charge in [0.1, 0.15) is 11.7 Å². The van der Waals surface area contributed by atoms with E-state index < -0.39 is 0 Å². The lowest BCUT2D eigenvalue weighted by Gasteiger charge is -2.50. The predicted molar refractivity (Wildman–Crippen MR) is 60.1 cm³/mol. The Morgan fingerprint density at radius 1 is 1.31 bits per heavy atom. The highest BCUT2D eigenvalue weighted by Crippen LogP contribution is 2.44. The minimum absolute atomic E-state index is 0.153. The fourth-order valence-corrected chi connectivity index (χ4v) is 3.19. The fourth-order valence-electron chi connectivity index (χ4n) is 3.19. The van der Waals surface area contributed by atoms with Gasteiger partial charge in [0.2, 0.25) is 0 Å². The van der Waals surface area contributed by atoms with Gasteiger partial charge >= 0.3 is 0 Å². The summed E-state index contributed by atoms with van der Waals surface area (Å²) in [5, 5.41) is 0. The van der Waals surface area contributed by atoms with Gasteiger partial charge in [0.15, 0.2) is 0 Å². The highest BCUT2D eigenvalue weighted by molar-refractivity contribution is 5.90. The summed E-state index contributed by atoms with van der Waals surface area (Å²) in [6.45, 7) is 1.96. The van der Waals surface area contributed by atoms with Crippen molar-refractivity contribution in [1.29, 1.82) is 0 Å². The third kappa shape index (κ3) is 1.09. The normalized spacial score (nSPS) is 30.1. The average Bonchev–Trinajstić information content (AvgIpc) is 2.24. The standard InChI is InChI=1S/C13H13FN2/c14-11-1-2-12-10(5-11)7-16-6-8-3-9(4-8)13(16)15-12/h1-2,5,8-9H,3-4,6-7H2. The van der Waals surface area contributed by atoms with Crippen LogP contribution in [0.25, 0.3) is 0 Å². The maximum atomic E-state index is 13.1. The van der Waals surface area contributed by atoms with Crippen molar-refractivity contribution in [2.24, 2.45) is 16.8 Å². The molecule has 3 fully saturated rings. The molecule has 4 aliphatic rings. The topological polar surface area (TPSA) is 15.6 Å². The lowest BCUT2D eigenvalue weighted by atomic mass is 9.70. The molecular formula is C13H13FN2. The Balaban J connectivity index is 1.81. The minimum Gasteiger partial charge on any atom is -0.355 e. The average molecular weight is 216 g/mol. The second-order valence-corrected chi connectivity index (χ2v) is 5.16. The predicted octanol–water partition coefficient (Wildman–Crippen LogP) is 2.71. The summed E-state index contributed by atoms with van der Waals surface area (Å²) < 4.78 is 13.1. The summed E-state index contributed by atoms with van der Waals surface area (Å²) in [6.07, 6.45) is 2.62. The van der Waals surface area contributed by atoms with E-state index in [0.717, 1.165) is 30.3 Å². The molecular weight excluding hydrogens is 203 g/mol. The number of amidine groups is 1. The van der Waals surface area contributed by atoms with Gasteiger partial charge in [0.25, 0.3) is 0 Å². The molecule has 3 heteroatoms. The molecule has 0 aromatic heterocycles. The zero-order valence-corrected chi connectivity index (χ0v) is 8.99. The molecule has 82 valence electrons. The monoisotopic (exact) mass is 216 g/mol. The molecule has 3 heterocycles. The number of nitrogens with zero attached hydrogens (tertiary/aromatic N) is 2. The van der Waals surface area contributed by atoms with E-state index in [9.17, 15) is 4.39 Å². The molecule has 2 saturated heterocycles. The Morgan fingerprint density at radius 3 is 3.06 bits per heavy atom. The zero-order valence-electron chi connectivity index (χ0n) is 8.99. The van der Waals surface area contributed by atoms with E-state index in [1.54, 1.807) is 12.1 Å². The largest absolute Gasteiger partial charge is 0.355 e. The summed E-state index contributed by atoms with van der Waals surface area (Å²) in [7, 11) is 0. The Hall–Kier alpha value is -1.38. The molecule has 0 spiro atoms. The van der Waals surface area contributed by atoms with Crippen molar-refractivity contribution in [1.82, 2.24) is 4.90 Å². The summed E-state index contributed by atoms with van der Waals surface area (Å²) >= 11 is 0. The quantitative estimate of drug-likeness (QED) is 0.651. The van der Waals surface area contributed by atoms with Crippen LogP contribution in [0, 0.1) is 17.7 Å². The zero-order chi connectivity index (χ0) is 10.7. The molecule has 0 unspecified atom stereocenters. The number of aliphatic imine (C=N–C) groups is 1. The first-order valence-electron chi connectivity index (χ1n) is 5.91. The van der Waals surface area contributed by atoms with Crippen LogP contribution in [-0.4, -0.2) is 17.3 Å². The van der Waals surface area contributed by atoms with Gasteiger partial charge in [0, 0.05) is 24.6 Å². The molecule has 0 amide bonds. The second-order valence-electron chi connectivity index (χ2n) is 5.16. The minimum atomic E-state index is -0.153. The maximum Gasteiger partial charge on any atom is 0.123 e. The first kappa shape index (κ1) is 8.74. The number of piperidine rings is 2. The van der Waals surface area contributed by atoms with Crippen molar-refractivity contribution in [3.8, 4) is 0 Å². The molecule has 2 nitrogen and oxygen atoms in total. The third-order valence-corrected chi connectivity index (χ3v) is 4.04. The van der Waals surface area contributed by atoms with Crippen molar-refractivity contribution < 1.29 is 4.39 Å². The fraction of sp³-hybridized carbons (Fsp3) is 0.462. The van der Waals surface area contributed by atoms with Crippen LogP contribution in [0.5, 0.6) is 0 Å². The highest BCUT2D eigenvalue weighted by atomic mass is 19.1. The molecule has 1 aliphatic carbocycles. The SMILES string of the molecule is Fc1ccc2c(c1)CN1CC3CC(C3)C1=N2. The number of hydrogen-bond acceptors (Lipinski definition) is 2. The van der Waals surface area contributed by atoms with Gasteiger partial charge in [-0.25, -0.2) is 9.38 Å². The van der Waals surface area contributed by atoms with Crippen LogP contribution in [0.3, 0.4) is 0 Å². The van der Waals surface area contributed by atoms with Crippen molar-refractivity contribution in [3.05, 3.63) is 29.6 Å². The van der Waals surface area contributed by atoms with Gasteiger partial charge < -0.3 is 4.90 Å². The molecule has 0 atom stereocenters. The van der Waals surface area contributed by atoms with Crippen LogP contribution in [0.2, 0.25) is 0 Å². The summed E-state index contributed by atoms with van der Waals surface area (Å²) in [5.41, 5.74) is 2.00. The highest BCUT2D eigenvalue weighted by Gasteiger charge is 2.43. The number of hydrogen-bond donors (Lipinski definition) is 0. The number of fused-ring (bicyclic) bond motifs is 1. The van der Waals surface area contributed by atoms with Gasteiger partial charge in [-0.1, -0.05) is 0 Å². The van der Waals surface area contributed by atoms with Crippen molar-refractivity contribution in [2.75, 3.05) is 6.54 Å². The van der Waals surface area contributed by atoms with E-state index in [1.165, 1.54) is 24.7 Å². The van der Waals surface area contributed by atoms with Gasteiger partial charge in [-0.2, -0.15) is 0 Å². The van der Waals surface area contributed by atoms with E-state index in [2.05, 4.69) is 4.90 Å². The Morgan fingerprint density at radius 2 is 2.19 bits per heavy atom. The molecule has 1 saturated carbocycles. The van der Waals surface area contributed by atoms with Gasteiger partial charge in [-0.05, 0) is 37.0 Å². The van der Waals surface area contributed by atoms with E-state index in [4.69, 9.17) is 4.99 Å². The van der Waals surface area contributed by atoms with Gasteiger partial charge in [0.05, 0.1) is 5.69 Å². The maximum absolute atomic E-state index is 13.1. The summed E-state index contributed by atoms with van der Waals surface area (Å²) in [6, 6.07) is 4.93. The smallest absolute Gasteiger partial charge is 0.123 e. The van der Waals surface area contributed by atoms with Crippen molar-refractivity contribution in [3.63, 3.8) is 0 Å². The Kier molecular flexibility index (Phi) is 1.55. The van der Waals surface area contributed by atoms with Gasteiger partial charge in [-0.15, -0.1) is 0 Å². The van der Waals surface area contributed by atoms with Crippen molar-refractivity contribution in [2.45, 2.75) is 19.4 Å². The molecule has 2 bridgehead atoms. The van der Waals surface area contributed by atoms with E-state index in [1.807, 2.05) is 0 Å². The lowest BCUT2D eigenvalue weighted by molar-refractivity contribution is 0.135. The Labute approximate surface area is 93.8 Å². The molecule has 16 heavy (non-hydrogen) atoms. The van der Waals surface area contributed by atoms with Crippen LogP contribution in [0.15, 0.2) is 23.2 Å². The first-order chi connectivity index (χ1) is 7.79. The van der Waals surface area contributed by atoms with Crippen LogP contribution < -0.4 is 0 Å². The second kappa shape index (κ2) is 2.84. The number of benzene rings is 1. The van der Waals surface area contributed by atoms with Gasteiger partial charge in [-0.3, -0.25) is 0 Å². The van der Waals surface area contributed by atoms with E-state index in [-0.39, 0.29) is 5.82 Å². The molecule has 3 aliphatic heterocycles. The third-order valence-electron chi connectivity index (χ3n) is 4.04. The molecule has 0 radical (unpaired) electrons. The van der Waals surface area contributed by atoms with Crippen LogP contribution in [-0.2, 0) is 6.54 Å². The van der Waals surface area contributed by atoms with E-state index >= 15 is 0 Å². The summed E-state index contributed by atoms with van der Waals surface area (Å²) in [4.78, 5) is 7.04. The Bertz CT molecular complexity index is 489. The van der Waals surface area contributed by atoms with E-state index in [0.29, 0.717) is 5.92 Å². The molecule has 1 aromatic rings. The van der Waals surface area contributed by atoms with Crippen LogP contribution in [0.1, 0.15) is 18.4 Å². The molecule has 5 rings (SSSR count). The number of rotatable bonds is 0.